The number of carbonyl (C=O) groups is 1. The molecule has 108 valence electrons. The standard InChI is InChI=1S/C15H11BrClNO3/c16-10-3-1-2-9(14(10)17)15(20)8-4-5-12-11(6-8)18-13(19)7-21-12/h1-6,15,20H,7H2,(H,18,19). The van der Waals surface area contributed by atoms with E-state index in [1.54, 1.807) is 36.4 Å². The Morgan fingerprint density at radius 2 is 2.14 bits per heavy atom. The molecule has 0 aromatic heterocycles. The van der Waals surface area contributed by atoms with Crippen molar-refractivity contribution in [2.75, 3.05) is 11.9 Å². The number of ether oxygens (including phenoxy) is 1. The second-order valence-electron chi connectivity index (χ2n) is 4.64. The summed E-state index contributed by atoms with van der Waals surface area (Å²) < 4.78 is 6.01. The molecule has 21 heavy (non-hydrogen) atoms. The van der Waals surface area contributed by atoms with Crippen LogP contribution in [0.4, 0.5) is 5.69 Å². The van der Waals surface area contributed by atoms with Crippen molar-refractivity contribution in [3.63, 3.8) is 0 Å². The van der Waals surface area contributed by atoms with Gasteiger partial charge in [-0.2, -0.15) is 0 Å². The average Bonchev–Trinajstić information content (AvgIpc) is 2.48. The molecule has 0 fully saturated rings. The van der Waals surface area contributed by atoms with Crippen LogP contribution >= 0.6 is 27.5 Å². The Kier molecular flexibility index (Phi) is 3.89. The second kappa shape index (κ2) is 5.67. The Balaban J connectivity index is 1.98. The zero-order valence-corrected chi connectivity index (χ0v) is 13.1. The maximum Gasteiger partial charge on any atom is 0.262 e. The molecule has 0 bridgehead atoms. The van der Waals surface area contributed by atoms with Crippen LogP contribution in [0.25, 0.3) is 0 Å². The number of aliphatic hydroxyl groups excluding tert-OH is 1. The molecule has 1 heterocycles. The third kappa shape index (κ3) is 2.77. The fourth-order valence-corrected chi connectivity index (χ4v) is 2.79. The van der Waals surface area contributed by atoms with Crippen LogP contribution in [-0.4, -0.2) is 17.6 Å². The molecule has 3 rings (SSSR count). The number of halogens is 2. The highest BCUT2D eigenvalue weighted by Crippen LogP contribution is 2.36. The van der Waals surface area contributed by atoms with Crippen LogP contribution in [0.3, 0.4) is 0 Å². The molecule has 1 atom stereocenters. The summed E-state index contributed by atoms with van der Waals surface area (Å²) in [7, 11) is 0. The first kappa shape index (κ1) is 14.4. The van der Waals surface area contributed by atoms with Crippen LogP contribution < -0.4 is 10.1 Å². The highest BCUT2D eigenvalue weighted by atomic mass is 79.9. The van der Waals surface area contributed by atoms with E-state index in [-0.39, 0.29) is 12.5 Å². The Hall–Kier alpha value is -1.56. The van der Waals surface area contributed by atoms with E-state index in [4.69, 9.17) is 16.3 Å². The minimum atomic E-state index is -0.890. The molecular weight excluding hydrogens is 358 g/mol. The zero-order chi connectivity index (χ0) is 15.0. The van der Waals surface area contributed by atoms with Gasteiger partial charge in [0.15, 0.2) is 6.61 Å². The number of hydrogen-bond donors (Lipinski definition) is 2. The Morgan fingerprint density at radius 1 is 1.33 bits per heavy atom. The highest BCUT2D eigenvalue weighted by molar-refractivity contribution is 9.10. The van der Waals surface area contributed by atoms with Crippen molar-refractivity contribution in [1.82, 2.24) is 0 Å². The molecule has 6 heteroatoms. The third-order valence-corrected chi connectivity index (χ3v) is 4.54. The number of amides is 1. The molecular formula is C15H11BrClNO3. The van der Waals surface area contributed by atoms with E-state index < -0.39 is 6.10 Å². The molecule has 0 saturated heterocycles. The van der Waals surface area contributed by atoms with Gasteiger partial charge in [0, 0.05) is 10.0 Å². The number of rotatable bonds is 2. The summed E-state index contributed by atoms with van der Waals surface area (Å²) in [6.45, 7) is 0.00631. The first-order valence-electron chi connectivity index (χ1n) is 6.25. The lowest BCUT2D eigenvalue weighted by atomic mass is 10.0. The van der Waals surface area contributed by atoms with Crippen LogP contribution in [0, 0.1) is 0 Å². The average molecular weight is 369 g/mol. The van der Waals surface area contributed by atoms with E-state index >= 15 is 0 Å². The van der Waals surface area contributed by atoms with Crippen LogP contribution in [0.15, 0.2) is 40.9 Å². The number of fused-ring (bicyclic) bond motifs is 1. The normalized spacial score (nSPS) is 14.9. The minimum absolute atomic E-state index is 0.00631. The third-order valence-electron chi connectivity index (χ3n) is 3.23. The van der Waals surface area contributed by atoms with Crippen molar-refractivity contribution >= 4 is 39.1 Å². The van der Waals surface area contributed by atoms with Crippen LogP contribution in [-0.2, 0) is 4.79 Å². The number of benzene rings is 2. The summed E-state index contributed by atoms with van der Waals surface area (Å²) in [4.78, 5) is 11.3. The summed E-state index contributed by atoms with van der Waals surface area (Å²) in [6, 6.07) is 10.5. The molecule has 0 saturated carbocycles. The molecule has 1 aliphatic heterocycles. The first-order valence-corrected chi connectivity index (χ1v) is 7.42. The van der Waals surface area contributed by atoms with Crippen molar-refractivity contribution in [2.45, 2.75) is 6.10 Å². The molecule has 4 nitrogen and oxygen atoms in total. The second-order valence-corrected chi connectivity index (χ2v) is 5.87. The van der Waals surface area contributed by atoms with E-state index in [0.29, 0.717) is 27.6 Å². The monoisotopic (exact) mass is 367 g/mol. The zero-order valence-electron chi connectivity index (χ0n) is 10.8. The number of anilines is 1. The largest absolute Gasteiger partial charge is 0.482 e. The Bertz CT molecular complexity index is 720. The first-order chi connectivity index (χ1) is 10.1. The maximum absolute atomic E-state index is 11.3. The van der Waals surface area contributed by atoms with Gasteiger partial charge in [-0.05, 0) is 39.7 Å². The maximum atomic E-state index is 11.3. The van der Waals surface area contributed by atoms with Gasteiger partial charge in [-0.15, -0.1) is 0 Å². The number of carbonyl (C=O) groups excluding carboxylic acids is 1. The summed E-state index contributed by atoms with van der Waals surface area (Å²) in [6.07, 6.45) is -0.890. The van der Waals surface area contributed by atoms with Crippen LogP contribution in [0.2, 0.25) is 5.02 Å². The van der Waals surface area contributed by atoms with Crippen molar-refractivity contribution in [3.05, 3.63) is 57.0 Å². The van der Waals surface area contributed by atoms with E-state index in [1.807, 2.05) is 0 Å². The molecule has 2 aromatic rings. The minimum Gasteiger partial charge on any atom is -0.482 e. The topological polar surface area (TPSA) is 58.6 Å². The number of nitrogens with one attached hydrogen (secondary N) is 1. The molecule has 0 aliphatic carbocycles. The van der Waals surface area contributed by atoms with Crippen molar-refractivity contribution in [1.29, 1.82) is 0 Å². The molecule has 1 amide bonds. The van der Waals surface area contributed by atoms with Gasteiger partial charge in [-0.1, -0.05) is 29.8 Å². The molecule has 2 aromatic carbocycles. The van der Waals surface area contributed by atoms with E-state index in [9.17, 15) is 9.90 Å². The molecule has 0 radical (unpaired) electrons. The lowest BCUT2D eigenvalue weighted by molar-refractivity contribution is -0.118. The fraction of sp³-hybridized carbons (Fsp3) is 0.133. The molecule has 1 aliphatic rings. The summed E-state index contributed by atoms with van der Waals surface area (Å²) in [5, 5.41) is 13.7. The smallest absolute Gasteiger partial charge is 0.262 e. The van der Waals surface area contributed by atoms with Gasteiger partial charge in [0.1, 0.15) is 11.9 Å². The number of hydrogen-bond acceptors (Lipinski definition) is 3. The summed E-state index contributed by atoms with van der Waals surface area (Å²) in [5.74, 6) is 0.375. The van der Waals surface area contributed by atoms with Crippen molar-refractivity contribution in [2.24, 2.45) is 0 Å². The molecule has 2 N–H and O–H groups in total. The Morgan fingerprint density at radius 3 is 2.95 bits per heavy atom. The summed E-state index contributed by atoms with van der Waals surface area (Å²) >= 11 is 9.54. The van der Waals surface area contributed by atoms with Gasteiger partial charge < -0.3 is 15.2 Å². The predicted molar refractivity (Wildman–Crippen MR) is 83.8 cm³/mol. The van der Waals surface area contributed by atoms with Gasteiger partial charge in [-0.25, -0.2) is 0 Å². The number of aliphatic hydroxyl groups is 1. The molecule has 1 unspecified atom stereocenters. The van der Waals surface area contributed by atoms with Crippen molar-refractivity contribution < 1.29 is 14.6 Å². The van der Waals surface area contributed by atoms with Gasteiger partial charge in [-0.3, -0.25) is 4.79 Å². The van der Waals surface area contributed by atoms with E-state index in [2.05, 4.69) is 21.2 Å². The molecule has 0 spiro atoms. The SMILES string of the molecule is O=C1COc2ccc(C(O)c3cccc(Br)c3Cl)cc2N1. The summed E-state index contributed by atoms with van der Waals surface area (Å²) in [5.41, 5.74) is 1.77. The lowest BCUT2D eigenvalue weighted by Crippen LogP contribution is -2.25. The van der Waals surface area contributed by atoms with Gasteiger partial charge in [0.25, 0.3) is 5.91 Å². The van der Waals surface area contributed by atoms with Gasteiger partial charge >= 0.3 is 0 Å². The quantitative estimate of drug-likeness (QED) is 0.853. The van der Waals surface area contributed by atoms with Gasteiger partial charge in [0.2, 0.25) is 0 Å². The van der Waals surface area contributed by atoms with Crippen LogP contribution in [0.5, 0.6) is 5.75 Å². The lowest BCUT2D eigenvalue weighted by Gasteiger charge is -2.20. The van der Waals surface area contributed by atoms with E-state index in [0.717, 1.165) is 4.47 Å². The van der Waals surface area contributed by atoms with E-state index in [1.165, 1.54) is 0 Å². The Labute approximate surface area is 134 Å². The van der Waals surface area contributed by atoms with Crippen LogP contribution in [0.1, 0.15) is 17.2 Å². The fourth-order valence-electron chi connectivity index (χ4n) is 2.18. The van der Waals surface area contributed by atoms with Crippen molar-refractivity contribution in [3.8, 4) is 5.75 Å². The van der Waals surface area contributed by atoms with Gasteiger partial charge in [0.05, 0.1) is 10.7 Å². The highest BCUT2D eigenvalue weighted by Gasteiger charge is 2.20. The predicted octanol–water partition coefficient (Wildman–Crippen LogP) is 3.52.